The molecule has 0 bridgehead atoms. The summed E-state index contributed by atoms with van der Waals surface area (Å²) in [6.45, 7) is 0.566. The van der Waals surface area contributed by atoms with Crippen LogP contribution in [0.25, 0.3) is 0 Å². The Labute approximate surface area is 120 Å². The van der Waals surface area contributed by atoms with Gasteiger partial charge in [-0.25, -0.2) is 0 Å². The van der Waals surface area contributed by atoms with Crippen LogP contribution in [-0.2, 0) is 6.54 Å². The van der Waals surface area contributed by atoms with E-state index in [1.807, 2.05) is 11.4 Å². The van der Waals surface area contributed by atoms with Crippen LogP contribution in [0.15, 0.2) is 17.6 Å². The number of H-pyrrole nitrogens is 1. The number of nitrogens with one attached hydrogen (secondary N) is 1. The molecule has 2 heterocycles. The third-order valence-electron chi connectivity index (χ3n) is 2.50. The Morgan fingerprint density at radius 2 is 2.45 bits per heavy atom. The molecule has 20 heavy (non-hydrogen) atoms. The topological polar surface area (TPSA) is 82.1 Å². The molecule has 1 amide bonds. The normalized spacial score (nSPS) is 9.90. The monoisotopic (exact) mass is 290 g/mol. The van der Waals surface area contributed by atoms with Gasteiger partial charge in [0.2, 0.25) is 0 Å². The van der Waals surface area contributed by atoms with Crippen LogP contribution in [0.2, 0.25) is 0 Å². The van der Waals surface area contributed by atoms with Gasteiger partial charge in [0.25, 0.3) is 5.91 Å². The zero-order valence-electron chi connectivity index (χ0n) is 11.0. The molecule has 2 aromatic heterocycles. The van der Waals surface area contributed by atoms with Gasteiger partial charge < -0.3 is 10.0 Å². The van der Waals surface area contributed by atoms with E-state index in [-0.39, 0.29) is 12.5 Å². The van der Waals surface area contributed by atoms with E-state index in [9.17, 15) is 4.79 Å². The molecule has 2 aromatic rings. The summed E-state index contributed by atoms with van der Waals surface area (Å²) >= 11 is 1.55. The lowest BCUT2D eigenvalue weighted by Crippen LogP contribution is -2.26. The average Bonchev–Trinajstić information content (AvgIpc) is 3.09. The van der Waals surface area contributed by atoms with Crippen LogP contribution >= 0.6 is 11.3 Å². The first-order valence-electron chi connectivity index (χ1n) is 5.99. The minimum Gasteiger partial charge on any atom is -0.395 e. The summed E-state index contributed by atoms with van der Waals surface area (Å²) in [5.41, 5.74) is 1.20. The highest BCUT2D eigenvalue weighted by molar-refractivity contribution is 7.10. The van der Waals surface area contributed by atoms with Gasteiger partial charge >= 0.3 is 0 Å². The van der Waals surface area contributed by atoms with Gasteiger partial charge in [-0.15, -0.1) is 11.3 Å². The van der Waals surface area contributed by atoms with Gasteiger partial charge in [0.1, 0.15) is 0 Å². The number of aliphatic hydroxyl groups is 1. The number of hydrogen-bond acceptors (Lipinski definition) is 5. The van der Waals surface area contributed by atoms with Gasteiger partial charge in [0.15, 0.2) is 5.69 Å². The summed E-state index contributed by atoms with van der Waals surface area (Å²) < 4.78 is 0. The molecule has 6 nitrogen and oxygen atoms in total. The Hall–Kier alpha value is -2.17. The molecular weight excluding hydrogens is 276 g/mol. The second-order valence-corrected chi connectivity index (χ2v) is 5.09. The second-order valence-electron chi connectivity index (χ2n) is 4.09. The van der Waals surface area contributed by atoms with Crippen molar-refractivity contribution in [3.05, 3.63) is 33.8 Å². The molecule has 0 saturated carbocycles. The van der Waals surface area contributed by atoms with Crippen LogP contribution in [0.4, 0.5) is 0 Å². The molecule has 0 aliphatic carbocycles. The highest BCUT2D eigenvalue weighted by Gasteiger charge is 2.15. The fourth-order valence-corrected chi connectivity index (χ4v) is 2.42. The average molecular weight is 290 g/mol. The number of aliphatic hydroxyl groups excluding tert-OH is 1. The number of aromatic amines is 1. The van der Waals surface area contributed by atoms with Crippen LogP contribution in [0.1, 0.15) is 27.3 Å². The molecule has 0 spiro atoms. The van der Waals surface area contributed by atoms with E-state index in [2.05, 4.69) is 27.3 Å². The van der Waals surface area contributed by atoms with Crippen molar-refractivity contribution in [3.8, 4) is 11.8 Å². The number of carbonyl (C=O) groups excluding carboxylic acids is 1. The van der Waals surface area contributed by atoms with E-state index in [1.54, 1.807) is 23.3 Å². The fourth-order valence-electron chi connectivity index (χ4n) is 1.56. The maximum atomic E-state index is 12.0. The van der Waals surface area contributed by atoms with Crippen LogP contribution in [0.3, 0.4) is 0 Å². The van der Waals surface area contributed by atoms with Crippen LogP contribution in [0, 0.1) is 11.8 Å². The minimum atomic E-state index is -0.180. The van der Waals surface area contributed by atoms with E-state index in [1.165, 1.54) is 6.20 Å². The molecule has 7 heteroatoms. The third-order valence-corrected chi connectivity index (χ3v) is 3.42. The van der Waals surface area contributed by atoms with Gasteiger partial charge in [-0.1, -0.05) is 11.8 Å². The molecule has 2 rings (SSSR count). The standard InChI is InChI=1S/C13H14N4O2S/c1-17(13(19)12-7-14-16-15-12)8-11-6-10(9-20-11)4-2-3-5-18/h6-7,9,18H,3,5,8H2,1H3,(H,14,15,16). The van der Waals surface area contributed by atoms with Crippen molar-refractivity contribution in [3.63, 3.8) is 0 Å². The summed E-state index contributed by atoms with van der Waals surface area (Å²) in [5.74, 6) is 5.65. The summed E-state index contributed by atoms with van der Waals surface area (Å²) in [5, 5.41) is 20.4. The van der Waals surface area contributed by atoms with Crippen LogP contribution in [-0.4, -0.2) is 45.0 Å². The van der Waals surface area contributed by atoms with E-state index in [4.69, 9.17) is 5.11 Å². The van der Waals surface area contributed by atoms with Crippen molar-refractivity contribution >= 4 is 17.2 Å². The first kappa shape index (κ1) is 14.2. The molecule has 0 aliphatic heterocycles. The van der Waals surface area contributed by atoms with Crippen molar-refractivity contribution in [2.45, 2.75) is 13.0 Å². The summed E-state index contributed by atoms with van der Waals surface area (Å²) in [7, 11) is 1.72. The number of nitrogens with zero attached hydrogens (tertiary/aromatic N) is 3. The van der Waals surface area contributed by atoms with Crippen molar-refractivity contribution in [2.24, 2.45) is 0 Å². The molecule has 0 saturated heterocycles. The molecule has 0 aliphatic rings. The van der Waals surface area contributed by atoms with Crippen molar-refractivity contribution in [1.82, 2.24) is 20.3 Å². The Kier molecular flexibility index (Phi) is 4.87. The predicted molar refractivity (Wildman–Crippen MR) is 75.1 cm³/mol. The maximum Gasteiger partial charge on any atom is 0.276 e. The van der Waals surface area contributed by atoms with Crippen LogP contribution < -0.4 is 0 Å². The summed E-state index contributed by atoms with van der Waals surface area (Å²) in [4.78, 5) is 14.6. The number of thiophene rings is 1. The van der Waals surface area contributed by atoms with Gasteiger partial charge in [0, 0.05) is 29.3 Å². The molecule has 2 N–H and O–H groups in total. The van der Waals surface area contributed by atoms with Crippen LogP contribution in [0.5, 0.6) is 0 Å². The van der Waals surface area contributed by atoms with E-state index in [0.29, 0.717) is 18.7 Å². The smallest absolute Gasteiger partial charge is 0.276 e. The van der Waals surface area contributed by atoms with Gasteiger partial charge in [-0.2, -0.15) is 15.4 Å². The highest BCUT2D eigenvalue weighted by atomic mass is 32.1. The van der Waals surface area contributed by atoms with Crippen molar-refractivity contribution < 1.29 is 9.90 Å². The second kappa shape index (κ2) is 6.84. The number of amides is 1. The number of carbonyl (C=O) groups is 1. The lowest BCUT2D eigenvalue weighted by Gasteiger charge is -2.13. The first-order chi connectivity index (χ1) is 9.70. The first-order valence-corrected chi connectivity index (χ1v) is 6.87. The van der Waals surface area contributed by atoms with Crippen molar-refractivity contribution in [1.29, 1.82) is 0 Å². The predicted octanol–water partition coefficient (Wildman–Crippen LogP) is 0.872. The lowest BCUT2D eigenvalue weighted by atomic mass is 10.3. The van der Waals surface area contributed by atoms with Gasteiger partial charge in [0.05, 0.1) is 19.3 Å². The molecule has 0 fully saturated rings. The number of hydrogen-bond donors (Lipinski definition) is 2. The Balaban J connectivity index is 1.97. The van der Waals surface area contributed by atoms with Crippen molar-refractivity contribution in [2.75, 3.05) is 13.7 Å². The number of aromatic nitrogens is 3. The highest BCUT2D eigenvalue weighted by Crippen LogP contribution is 2.16. The molecule has 0 aromatic carbocycles. The lowest BCUT2D eigenvalue weighted by molar-refractivity contribution is 0.0780. The molecule has 0 unspecified atom stereocenters. The Morgan fingerprint density at radius 3 is 3.15 bits per heavy atom. The van der Waals surface area contributed by atoms with Gasteiger partial charge in [-0.3, -0.25) is 4.79 Å². The minimum absolute atomic E-state index is 0.0684. The molecular formula is C13H14N4O2S. The quantitative estimate of drug-likeness (QED) is 0.819. The Bertz CT molecular complexity index is 624. The molecule has 104 valence electrons. The summed E-state index contributed by atoms with van der Waals surface area (Å²) in [6.07, 6.45) is 1.87. The third kappa shape index (κ3) is 3.66. The van der Waals surface area contributed by atoms with Gasteiger partial charge in [-0.05, 0) is 6.07 Å². The fraction of sp³-hybridized carbons (Fsp3) is 0.308. The zero-order valence-corrected chi connectivity index (χ0v) is 11.8. The van der Waals surface area contributed by atoms with E-state index in [0.717, 1.165) is 10.4 Å². The summed E-state index contributed by atoms with van der Waals surface area (Å²) in [6, 6.07) is 1.95. The van der Waals surface area contributed by atoms with E-state index >= 15 is 0 Å². The molecule has 0 atom stereocenters. The maximum absolute atomic E-state index is 12.0. The largest absolute Gasteiger partial charge is 0.395 e. The Morgan fingerprint density at radius 1 is 1.60 bits per heavy atom. The zero-order chi connectivity index (χ0) is 14.4. The van der Waals surface area contributed by atoms with E-state index < -0.39 is 0 Å². The SMILES string of the molecule is CN(Cc1cc(C#CCCO)cs1)C(=O)c1cn[nH]n1. The number of rotatable bonds is 4. The molecule has 0 radical (unpaired) electrons.